The van der Waals surface area contributed by atoms with Crippen molar-refractivity contribution in [2.45, 2.75) is 82.1 Å². The van der Waals surface area contributed by atoms with Crippen molar-refractivity contribution in [3.8, 4) is 0 Å². The van der Waals surface area contributed by atoms with E-state index in [1.165, 1.54) is 68.9 Å². The molecule has 1 aromatic carbocycles. The lowest BCUT2D eigenvalue weighted by Crippen LogP contribution is -2.37. The van der Waals surface area contributed by atoms with Crippen LogP contribution in [0.3, 0.4) is 0 Å². The van der Waals surface area contributed by atoms with Crippen molar-refractivity contribution in [3.05, 3.63) is 35.4 Å². The van der Waals surface area contributed by atoms with Gasteiger partial charge in [0.25, 0.3) is 0 Å². The Hall–Kier alpha value is -0.820. The first-order chi connectivity index (χ1) is 10.2. The zero-order valence-electron chi connectivity index (χ0n) is 13.1. The Morgan fingerprint density at radius 3 is 2.10 bits per heavy atom. The number of benzene rings is 1. The number of hydrogen-bond acceptors (Lipinski definition) is 1. The molecule has 0 saturated heterocycles. The molecule has 0 radical (unpaired) electrons. The highest BCUT2D eigenvalue weighted by Crippen LogP contribution is 2.54. The van der Waals surface area contributed by atoms with Crippen LogP contribution in [0.4, 0.5) is 0 Å². The minimum Gasteiger partial charge on any atom is -0.385 e. The maximum absolute atomic E-state index is 11.3. The molecule has 1 N–H and O–H groups in total. The van der Waals surface area contributed by atoms with Crippen molar-refractivity contribution >= 4 is 0 Å². The van der Waals surface area contributed by atoms with Crippen LogP contribution >= 0.6 is 0 Å². The monoisotopic (exact) mass is 284 g/mol. The lowest BCUT2D eigenvalue weighted by molar-refractivity contribution is -0.0386. The Labute approximate surface area is 128 Å². The molecule has 1 nitrogen and oxygen atoms in total. The van der Waals surface area contributed by atoms with E-state index in [0.29, 0.717) is 11.3 Å². The summed E-state index contributed by atoms with van der Waals surface area (Å²) in [7, 11) is 0. The summed E-state index contributed by atoms with van der Waals surface area (Å²) in [6.07, 6.45) is 14.1. The quantitative estimate of drug-likeness (QED) is 0.783. The van der Waals surface area contributed by atoms with Gasteiger partial charge in [-0.05, 0) is 73.8 Å². The number of rotatable bonds is 2. The Balaban J connectivity index is 1.58. The fourth-order valence-electron chi connectivity index (χ4n) is 5.08. The highest BCUT2D eigenvalue weighted by atomic mass is 16.3. The third kappa shape index (κ3) is 2.34. The summed E-state index contributed by atoms with van der Waals surface area (Å²) in [6.45, 7) is 0. The highest BCUT2D eigenvalue weighted by molar-refractivity contribution is 5.36. The molecule has 3 saturated carbocycles. The minimum atomic E-state index is -0.542. The van der Waals surface area contributed by atoms with E-state index in [2.05, 4.69) is 24.3 Å². The molecule has 0 aliphatic heterocycles. The summed E-state index contributed by atoms with van der Waals surface area (Å²) in [4.78, 5) is 0. The van der Waals surface area contributed by atoms with Crippen molar-refractivity contribution in [2.24, 2.45) is 5.41 Å². The van der Waals surface area contributed by atoms with E-state index in [0.717, 1.165) is 12.8 Å². The molecule has 1 spiro atoms. The Morgan fingerprint density at radius 1 is 0.810 bits per heavy atom. The van der Waals surface area contributed by atoms with Gasteiger partial charge in [0, 0.05) is 0 Å². The smallest absolute Gasteiger partial charge is 0.0899 e. The molecule has 3 aliphatic carbocycles. The van der Waals surface area contributed by atoms with E-state index < -0.39 is 5.60 Å². The summed E-state index contributed by atoms with van der Waals surface area (Å²) >= 11 is 0. The molecule has 3 fully saturated rings. The first kappa shape index (κ1) is 13.8. The van der Waals surface area contributed by atoms with E-state index in [-0.39, 0.29) is 0 Å². The first-order valence-corrected chi connectivity index (χ1v) is 9.03. The molecule has 0 aromatic heterocycles. The van der Waals surface area contributed by atoms with Gasteiger partial charge in [-0.15, -0.1) is 0 Å². The van der Waals surface area contributed by atoms with Gasteiger partial charge in [0.1, 0.15) is 0 Å². The maximum Gasteiger partial charge on any atom is 0.0899 e. The Morgan fingerprint density at radius 2 is 1.48 bits per heavy atom. The zero-order valence-corrected chi connectivity index (χ0v) is 13.1. The van der Waals surface area contributed by atoms with Gasteiger partial charge in [0.15, 0.2) is 0 Å². The lowest BCUT2D eigenvalue weighted by atomic mass is 9.64. The van der Waals surface area contributed by atoms with Crippen LogP contribution in [0.2, 0.25) is 0 Å². The molecule has 0 atom stereocenters. The molecule has 1 heteroatoms. The topological polar surface area (TPSA) is 20.2 Å². The third-order valence-corrected chi connectivity index (χ3v) is 6.81. The molecular weight excluding hydrogens is 256 g/mol. The SMILES string of the molecule is OC1(c2ccccc2C2CCC2)CCC2(CCCC2)CC1. The van der Waals surface area contributed by atoms with Gasteiger partial charge >= 0.3 is 0 Å². The molecule has 1 aromatic rings. The summed E-state index contributed by atoms with van der Waals surface area (Å²) in [5, 5.41) is 11.3. The molecule has 0 heterocycles. The summed E-state index contributed by atoms with van der Waals surface area (Å²) in [5.41, 5.74) is 2.77. The van der Waals surface area contributed by atoms with Crippen LogP contribution in [0.1, 0.15) is 87.7 Å². The molecule has 0 bridgehead atoms. The second-order valence-corrected chi connectivity index (χ2v) is 7.95. The molecule has 21 heavy (non-hydrogen) atoms. The number of aliphatic hydroxyl groups is 1. The van der Waals surface area contributed by atoms with Crippen molar-refractivity contribution in [2.75, 3.05) is 0 Å². The molecule has 114 valence electrons. The minimum absolute atomic E-state index is 0.542. The summed E-state index contributed by atoms with van der Waals surface area (Å²) in [5.74, 6) is 0.715. The second-order valence-electron chi connectivity index (χ2n) is 7.95. The predicted molar refractivity (Wildman–Crippen MR) is 86.3 cm³/mol. The Kier molecular flexibility index (Phi) is 3.37. The van der Waals surface area contributed by atoms with Gasteiger partial charge in [-0.2, -0.15) is 0 Å². The van der Waals surface area contributed by atoms with Crippen LogP contribution in [0.15, 0.2) is 24.3 Å². The average Bonchev–Trinajstić information content (AvgIpc) is 2.90. The van der Waals surface area contributed by atoms with Crippen LogP contribution in [-0.2, 0) is 5.60 Å². The molecule has 4 rings (SSSR count). The zero-order chi connectivity index (χ0) is 14.3. The van der Waals surface area contributed by atoms with Gasteiger partial charge in [0.05, 0.1) is 5.60 Å². The molecule has 0 amide bonds. The van der Waals surface area contributed by atoms with E-state index in [1.54, 1.807) is 0 Å². The van der Waals surface area contributed by atoms with Crippen molar-refractivity contribution in [1.82, 2.24) is 0 Å². The Bertz CT molecular complexity index is 498. The van der Waals surface area contributed by atoms with E-state index in [1.807, 2.05) is 0 Å². The first-order valence-electron chi connectivity index (χ1n) is 9.03. The molecule has 0 unspecified atom stereocenters. The van der Waals surface area contributed by atoms with E-state index in [9.17, 15) is 5.11 Å². The average molecular weight is 284 g/mol. The van der Waals surface area contributed by atoms with Crippen molar-refractivity contribution < 1.29 is 5.11 Å². The van der Waals surface area contributed by atoms with Crippen LogP contribution in [-0.4, -0.2) is 5.11 Å². The lowest BCUT2D eigenvalue weighted by Gasteiger charge is -2.44. The predicted octanol–water partition coefficient (Wildman–Crippen LogP) is 5.28. The normalized spacial score (nSPS) is 27.7. The van der Waals surface area contributed by atoms with E-state index >= 15 is 0 Å². The standard InChI is InChI=1S/C20H28O/c21-20(14-12-19(13-15-20)10-3-4-11-19)18-9-2-1-8-17(18)16-6-5-7-16/h1-2,8-9,16,21H,3-7,10-15H2. The van der Waals surface area contributed by atoms with Crippen LogP contribution in [0.5, 0.6) is 0 Å². The second kappa shape index (κ2) is 5.12. The van der Waals surface area contributed by atoms with Gasteiger partial charge in [-0.3, -0.25) is 0 Å². The highest BCUT2D eigenvalue weighted by Gasteiger charge is 2.44. The third-order valence-electron chi connectivity index (χ3n) is 6.81. The van der Waals surface area contributed by atoms with Gasteiger partial charge < -0.3 is 5.11 Å². The van der Waals surface area contributed by atoms with Crippen molar-refractivity contribution in [1.29, 1.82) is 0 Å². The summed E-state index contributed by atoms with van der Waals surface area (Å²) < 4.78 is 0. The summed E-state index contributed by atoms with van der Waals surface area (Å²) in [6, 6.07) is 8.76. The maximum atomic E-state index is 11.3. The molecule has 3 aliphatic rings. The fourth-order valence-corrected chi connectivity index (χ4v) is 5.08. The van der Waals surface area contributed by atoms with Gasteiger partial charge in [0.2, 0.25) is 0 Å². The molecular formula is C20H28O. The fraction of sp³-hybridized carbons (Fsp3) is 0.700. The largest absolute Gasteiger partial charge is 0.385 e. The van der Waals surface area contributed by atoms with Crippen molar-refractivity contribution in [3.63, 3.8) is 0 Å². The van der Waals surface area contributed by atoms with E-state index in [4.69, 9.17) is 0 Å². The van der Waals surface area contributed by atoms with Gasteiger partial charge in [-0.25, -0.2) is 0 Å². The van der Waals surface area contributed by atoms with Crippen LogP contribution in [0, 0.1) is 5.41 Å². The number of hydrogen-bond donors (Lipinski definition) is 1. The van der Waals surface area contributed by atoms with Crippen LogP contribution in [0.25, 0.3) is 0 Å². The van der Waals surface area contributed by atoms with Crippen LogP contribution < -0.4 is 0 Å². The van der Waals surface area contributed by atoms with Gasteiger partial charge in [-0.1, -0.05) is 43.5 Å².